The topological polar surface area (TPSA) is 21.3 Å². The Morgan fingerprint density at radius 2 is 2.12 bits per heavy atom. The number of benzene rings is 1. The fourth-order valence-corrected chi connectivity index (χ4v) is 2.49. The second-order valence-corrected chi connectivity index (χ2v) is 5.22. The summed E-state index contributed by atoms with van der Waals surface area (Å²) >= 11 is 9.53. The SMILES string of the molecule is CCCNC(COCC)c1cc(Cl)cc(Br)c1. The summed E-state index contributed by atoms with van der Waals surface area (Å²) in [5, 5.41) is 4.22. The van der Waals surface area contributed by atoms with E-state index >= 15 is 0 Å². The normalized spacial score (nSPS) is 12.7. The van der Waals surface area contributed by atoms with Gasteiger partial charge in [0.1, 0.15) is 0 Å². The van der Waals surface area contributed by atoms with Crippen LogP contribution in [-0.2, 0) is 4.74 Å². The van der Waals surface area contributed by atoms with E-state index in [2.05, 4.69) is 34.2 Å². The Morgan fingerprint density at radius 1 is 1.35 bits per heavy atom. The van der Waals surface area contributed by atoms with Gasteiger partial charge >= 0.3 is 0 Å². The van der Waals surface area contributed by atoms with E-state index in [4.69, 9.17) is 16.3 Å². The first-order valence-electron chi connectivity index (χ1n) is 5.94. The maximum absolute atomic E-state index is 6.06. The van der Waals surface area contributed by atoms with E-state index in [-0.39, 0.29) is 6.04 Å². The van der Waals surface area contributed by atoms with Crippen LogP contribution < -0.4 is 5.32 Å². The average molecular weight is 321 g/mol. The molecule has 0 heterocycles. The molecule has 0 amide bonds. The van der Waals surface area contributed by atoms with E-state index in [0.717, 1.165) is 34.6 Å². The number of hydrogen-bond donors (Lipinski definition) is 1. The predicted octanol–water partition coefficient (Wildman–Crippen LogP) is 4.18. The highest BCUT2D eigenvalue weighted by atomic mass is 79.9. The van der Waals surface area contributed by atoms with Crippen molar-refractivity contribution in [3.8, 4) is 0 Å². The van der Waals surface area contributed by atoms with Crippen LogP contribution in [0.3, 0.4) is 0 Å². The third kappa shape index (κ3) is 5.38. The van der Waals surface area contributed by atoms with Gasteiger partial charge in [-0.25, -0.2) is 0 Å². The Bertz CT molecular complexity index is 318. The number of halogens is 2. The molecule has 17 heavy (non-hydrogen) atoms. The molecule has 4 heteroatoms. The zero-order valence-corrected chi connectivity index (χ0v) is 12.6. The second kappa shape index (κ2) is 8.09. The van der Waals surface area contributed by atoms with E-state index in [0.29, 0.717) is 6.61 Å². The van der Waals surface area contributed by atoms with Crippen molar-refractivity contribution in [3.63, 3.8) is 0 Å². The van der Waals surface area contributed by atoms with Crippen molar-refractivity contribution in [1.82, 2.24) is 5.32 Å². The fourth-order valence-electron chi connectivity index (χ4n) is 1.60. The van der Waals surface area contributed by atoms with Crippen LogP contribution in [0, 0.1) is 0 Å². The highest BCUT2D eigenvalue weighted by Gasteiger charge is 2.12. The van der Waals surface area contributed by atoms with Crippen LogP contribution in [0.1, 0.15) is 31.9 Å². The molecule has 0 bridgehead atoms. The summed E-state index contributed by atoms with van der Waals surface area (Å²) in [7, 11) is 0. The van der Waals surface area contributed by atoms with Crippen molar-refractivity contribution in [2.45, 2.75) is 26.3 Å². The summed E-state index contributed by atoms with van der Waals surface area (Å²) in [6.45, 7) is 6.53. The van der Waals surface area contributed by atoms with Gasteiger partial charge < -0.3 is 10.1 Å². The summed E-state index contributed by atoms with van der Waals surface area (Å²) < 4.78 is 6.51. The van der Waals surface area contributed by atoms with Gasteiger partial charge in [0.25, 0.3) is 0 Å². The van der Waals surface area contributed by atoms with Gasteiger partial charge in [-0.1, -0.05) is 34.5 Å². The van der Waals surface area contributed by atoms with Gasteiger partial charge in [-0.2, -0.15) is 0 Å². The van der Waals surface area contributed by atoms with E-state index in [1.54, 1.807) is 0 Å². The van der Waals surface area contributed by atoms with Gasteiger partial charge in [-0.05, 0) is 43.7 Å². The van der Waals surface area contributed by atoms with Crippen molar-refractivity contribution in [1.29, 1.82) is 0 Å². The molecule has 0 saturated carbocycles. The van der Waals surface area contributed by atoms with Gasteiger partial charge in [0, 0.05) is 16.1 Å². The van der Waals surface area contributed by atoms with Crippen molar-refractivity contribution >= 4 is 27.5 Å². The molecule has 0 aromatic heterocycles. The summed E-state index contributed by atoms with van der Waals surface area (Å²) in [5.74, 6) is 0. The largest absolute Gasteiger partial charge is 0.380 e. The van der Waals surface area contributed by atoms with Crippen LogP contribution >= 0.6 is 27.5 Å². The fraction of sp³-hybridized carbons (Fsp3) is 0.538. The van der Waals surface area contributed by atoms with Crippen LogP contribution in [0.2, 0.25) is 5.02 Å². The van der Waals surface area contributed by atoms with Crippen molar-refractivity contribution in [2.24, 2.45) is 0 Å². The molecular weight excluding hydrogens is 302 g/mol. The molecule has 96 valence electrons. The van der Waals surface area contributed by atoms with E-state index in [1.807, 2.05) is 19.1 Å². The summed E-state index contributed by atoms with van der Waals surface area (Å²) in [6, 6.07) is 6.16. The average Bonchev–Trinajstić information content (AvgIpc) is 2.28. The molecule has 1 unspecified atom stereocenters. The number of rotatable bonds is 7. The third-order valence-corrected chi connectivity index (χ3v) is 3.09. The molecule has 1 aromatic rings. The van der Waals surface area contributed by atoms with Crippen LogP contribution in [0.5, 0.6) is 0 Å². The Balaban J connectivity index is 2.78. The first kappa shape index (κ1) is 15.0. The Labute approximate surface area is 117 Å². The van der Waals surface area contributed by atoms with E-state index in [9.17, 15) is 0 Å². The van der Waals surface area contributed by atoms with Gasteiger partial charge in [-0.15, -0.1) is 0 Å². The van der Waals surface area contributed by atoms with Gasteiger partial charge in [0.2, 0.25) is 0 Å². The molecule has 0 aliphatic carbocycles. The molecule has 0 spiro atoms. The third-order valence-electron chi connectivity index (χ3n) is 2.42. The van der Waals surface area contributed by atoms with Crippen LogP contribution in [0.4, 0.5) is 0 Å². The standard InChI is InChI=1S/C13H19BrClNO/c1-3-5-16-13(9-17-4-2)10-6-11(14)8-12(15)7-10/h6-8,13,16H,3-5,9H2,1-2H3. The second-order valence-electron chi connectivity index (χ2n) is 3.87. The molecule has 0 aliphatic heterocycles. The van der Waals surface area contributed by atoms with Gasteiger partial charge in [-0.3, -0.25) is 0 Å². The minimum atomic E-state index is 0.199. The molecule has 0 aliphatic rings. The number of nitrogens with one attached hydrogen (secondary N) is 1. The molecule has 1 aromatic carbocycles. The lowest BCUT2D eigenvalue weighted by molar-refractivity contribution is 0.123. The van der Waals surface area contributed by atoms with Gasteiger partial charge in [0.05, 0.1) is 12.6 Å². The van der Waals surface area contributed by atoms with Crippen molar-refractivity contribution < 1.29 is 4.74 Å². The lowest BCUT2D eigenvalue weighted by atomic mass is 10.1. The Hall–Kier alpha value is -0.0900. The zero-order valence-electron chi connectivity index (χ0n) is 10.3. The highest BCUT2D eigenvalue weighted by molar-refractivity contribution is 9.10. The summed E-state index contributed by atoms with van der Waals surface area (Å²) in [5.41, 5.74) is 1.16. The smallest absolute Gasteiger partial charge is 0.0661 e. The van der Waals surface area contributed by atoms with Crippen LogP contribution in [0.15, 0.2) is 22.7 Å². The maximum atomic E-state index is 6.06. The molecule has 0 radical (unpaired) electrons. The Morgan fingerprint density at radius 3 is 2.71 bits per heavy atom. The number of ether oxygens (including phenoxy) is 1. The van der Waals surface area contributed by atoms with E-state index < -0.39 is 0 Å². The zero-order chi connectivity index (χ0) is 12.7. The van der Waals surface area contributed by atoms with Crippen LogP contribution in [-0.4, -0.2) is 19.8 Å². The predicted molar refractivity (Wildman–Crippen MR) is 76.7 cm³/mol. The maximum Gasteiger partial charge on any atom is 0.0661 e. The first-order valence-corrected chi connectivity index (χ1v) is 7.11. The molecule has 0 saturated heterocycles. The molecule has 1 atom stereocenters. The monoisotopic (exact) mass is 319 g/mol. The molecule has 0 fully saturated rings. The van der Waals surface area contributed by atoms with Crippen LogP contribution in [0.25, 0.3) is 0 Å². The Kier molecular flexibility index (Phi) is 7.12. The van der Waals surface area contributed by atoms with E-state index in [1.165, 1.54) is 0 Å². The summed E-state index contributed by atoms with van der Waals surface area (Å²) in [6.07, 6.45) is 1.10. The first-order chi connectivity index (χ1) is 8.17. The van der Waals surface area contributed by atoms with Crippen molar-refractivity contribution in [3.05, 3.63) is 33.3 Å². The minimum Gasteiger partial charge on any atom is -0.380 e. The lowest BCUT2D eigenvalue weighted by Gasteiger charge is -2.19. The molecule has 2 nitrogen and oxygen atoms in total. The molecule has 1 rings (SSSR count). The molecular formula is C13H19BrClNO. The number of hydrogen-bond acceptors (Lipinski definition) is 2. The lowest BCUT2D eigenvalue weighted by Crippen LogP contribution is -2.26. The molecule has 1 N–H and O–H groups in total. The van der Waals surface area contributed by atoms with Gasteiger partial charge in [0.15, 0.2) is 0 Å². The minimum absolute atomic E-state index is 0.199. The highest BCUT2D eigenvalue weighted by Crippen LogP contribution is 2.24. The van der Waals surface area contributed by atoms with Crippen molar-refractivity contribution in [2.75, 3.05) is 19.8 Å². The quantitative estimate of drug-likeness (QED) is 0.814. The summed E-state index contributed by atoms with van der Waals surface area (Å²) in [4.78, 5) is 0.